The molecular weight excluding hydrogens is 174 g/mol. The Morgan fingerprint density at radius 3 is 2.21 bits per heavy atom. The zero-order valence-electron chi connectivity index (χ0n) is 10.1. The quantitative estimate of drug-likeness (QED) is 0.582. The Morgan fingerprint density at radius 2 is 1.71 bits per heavy atom. The van der Waals surface area contributed by atoms with E-state index in [9.17, 15) is 0 Å². The molecule has 0 aliphatic rings. The normalized spacial score (nSPS) is 15.4. The molecule has 0 aliphatic heterocycles. The molecule has 1 unspecified atom stereocenters. The topological polar surface area (TPSA) is 35.2 Å². The van der Waals surface area contributed by atoms with E-state index in [0.717, 1.165) is 12.8 Å². The van der Waals surface area contributed by atoms with Gasteiger partial charge in [-0.15, -0.1) is 0 Å². The fraction of sp³-hybridized carbons (Fsp3) is 1.00. The van der Waals surface area contributed by atoms with E-state index >= 15 is 0 Å². The minimum atomic E-state index is -0.0824. The van der Waals surface area contributed by atoms with Gasteiger partial charge in [0.25, 0.3) is 0 Å². The smallest absolute Gasteiger partial charge is 0.0642 e. The minimum absolute atomic E-state index is 0.0824. The van der Waals surface area contributed by atoms with E-state index in [-0.39, 0.29) is 5.54 Å². The Balaban J connectivity index is 3.51. The van der Waals surface area contributed by atoms with E-state index in [1.165, 1.54) is 32.1 Å². The Morgan fingerprint density at radius 1 is 1.07 bits per heavy atom. The van der Waals surface area contributed by atoms with Crippen LogP contribution in [0.2, 0.25) is 0 Å². The summed E-state index contributed by atoms with van der Waals surface area (Å²) in [6.45, 7) is 5.08. The van der Waals surface area contributed by atoms with Gasteiger partial charge in [0.1, 0.15) is 0 Å². The van der Waals surface area contributed by atoms with Gasteiger partial charge in [0.05, 0.1) is 6.61 Å². The van der Waals surface area contributed by atoms with Crippen LogP contribution in [-0.4, -0.2) is 19.3 Å². The van der Waals surface area contributed by atoms with Crippen LogP contribution in [0.3, 0.4) is 0 Å². The third-order valence-corrected chi connectivity index (χ3v) is 2.91. The van der Waals surface area contributed by atoms with Gasteiger partial charge in [-0.2, -0.15) is 0 Å². The summed E-state index contributed by atoms with van der Waals surface area (Å²) in [7, 11) is 1.73. The summed E-state index contributed by atoms with van der Waals surface area (Å²) in [5, 5.41) is 0. The maximum Gasteiger partial charge on any atom is 0.0642 e. The van der Waals surface area contributed by atoms with Crippen molar-refractivity contribution in [1.82, 2.24) is 0 Å². The lowest BCUT2D eigenvalue weighted by Gasteiger charge is -2.27. The van der Waals surface area contributed by atoms with E-state index in [4.69, 9.17) is 10.5 Å². The van der Waals surface area contributed by atoms with Gasteiger partial charge < -0.3 is 10.5 Å². The highest BCUT2D eigenvalue weighted by atomic mass is 16.5. The minimum Gasteiger partial charge on any atom is -0.383 e. The summed E-state index contributed by atoms with van der Waals surface area (Å²) in [6.07, 6.45) is 8.68. The molecule has 2 heteroatoms. The first-order valence-electron chi connectivity index (χ1n) is 5.96. The number of unbranched alkanes of at least 4 members (excludes halogenated alkanes) is 4. The van der Waals surface area contributed by atoms with E-state index < -0.39 is 0 Å². The van der Waals surface area contributed by atoms with Crippen molar-refractivity contribution in [2.75, 3.05) is 13.7 Å². The molecule has 0 radical (unpaired) electrons. The van der Waals surface area contributed by atoms with Crippen LogP contribution in [0, 0.1) is 0 Å². The molecule has 1 atom stereocenters. The molecule has 86 valence electrons. The van der Waals surface area contributed by atoms with Crippen molar-refractivity contribution >= 4 is 0 Å². The summed E-state index contributed by atoms with van der Waals surface area (Å²) < 4.78 is 5.15. The standard InChI is InChI=1S/C12H27NO/c1-4-6-7-8-9-10-12(13,5-2)11-14-3/h4-11,13H2,1-3H3. The largest absolute Gasteiger partial charge is 0.383 e. The second kappa shape index (κ2) is 8.25. The van der Waals surface area contributed by atoms with Crippen molar-refractivity contribution in [2.24, 2.45) is 5.73 Å². The average Bonchev–Trinajstić information content (AvgIpc) is 2.18. The molecule has 0 spiro atoms. The number of hydrogen-bond acceptors (Lipinski definition) is 2. The van der Waals surface area contributed by atoms with Crippen LogP contribution < -0.4 is 5.73 Å². The molecule has 0 saturated heterocycles. The van der Waals surface area contributed by atoms with Crippen LogP contribution in [0.15, 0.2) is 0 Å². The molecule has 0 aliphatic carbocycles. The SMILES string of the molecule is CCCCCCCC(N)(CC)COC. The first-order chi connectivity index (χ1) is 6.68. The second-order valence-corrected chi connectivity index (χ2v) is 4.31. The molecule has 0 rings (SSSR count). The highest BCUT2D eigenvalue weighted by Gasteiger charge is 2.21. The van der Waals surface area contributed by atoms with Crippen LogP contribution in [0.5, 0.6) is 0 Å². The zero-order chi connectivity index (χ0) is 10.9. The Labute approximate surface area is 89.2 Å². The molecule has 0 fully saturated rings. The molecule has 0 heterocycles. The van der Waals surface area contributed by atoms with Crippen molar-refractivity contribution in [3.05, 3.63) is 0 Å². The predicted molar refractivity (Wildman–Crippen MR) is 62.5 cm³/mol. The number of methoxy groups -OCH3 is 1. The molecule has 0 aromatic rings. The van der Waals surface area contributed by atoms with Gasteiger partial charge in [-0.25, -0.2) is 0 Å². The maximum atomic E-state index is 6.20. The number of rotatable bonds is 9. The van der Waals surface area contributed by atoms with Gasteiger partial charge in [-0.3, -0.25) is 0 Å². The lowest BCUT2D eigenvalue weighted by atomic mass is 9.91. The fourth-order valence-electron chi connectivity index (χ4n) is 1.72. The van der Waals surface area contributed by atoms with Gasteiger partial charge in [0.15, 0.2) is 0 Å². The van der Waals surface area contributed by atoms with E-state index in [2.05, 4.69) is 13.8 Å². The number of hydrogen-bond donors (Lipinski definition) is 1. The van der Waals surface area contributed by atoms with E-state index in [1.54, 1.807) is 7.11 Å². The third kappa shape index (κ3) is 6.39. The van der Waals surface area contributed by atoms with Crippen molar-refractivity contribution in [1.29, 1.82) is 0 Å². The second-order valence-electron chi connectivity index (χ2n) is 4.31. The summed E-state index contributed by atoms with van der Waals surface area (Å²) in [5.74, 6) is 0. The molecule has 2 N–H and O–H groups in total. The molecule has 14 heavy (non-hydrogen) atoms. The molecule has 2 nitrogen and oxygen atoms in total. The molecular formula is C12H27NO. The third-order valence-electron chi connectivity index (χ3n) is 2.91. The Hall–Kier alpha value is -0.0800. The maximum absolute atomic E-state index is 6.20. The molecule has 0 aromatic carbocycles. The highest BCUT2D eigenvalue weighted by molar-refractivity contribution is 4.81. The van der Waals surface area contributed by atoms with Crippen LogP contribution in [-0.2, 0) is 4.74 Å². The van der Waals surface area contributed by atoms with Gasteiger partial charge in [0, 0.05) is 12.6 Å². The fourth-order valence-corrected chi connectivity index (χ4v) is 1.72. The van der Waals surface area contributed by atoms with Gasteiger partial charge in [-0.05, 0) is 12.8 Å². The highest BCUT2D eigenvalue weighted by Crippen LogP contribution is 2.17. The average molecular weight is 201 g/mol. The zero-order valence-corrected chi connectivity index (χ0v) is 10.1. The predicted octanol–water partition coefficient (Wildman–Crippen LogP) is 3.10. The molecule has 0 amide bonds. The Bertz CT molecular complexity index is 127. The van der Waals surface area contributed by atoms with Gasteiger partial charge >= 0.3 is 0 Å². The summed E-state index contributed by atoms with van der Waals surface area (Å²) in [5.41, 5.74) is 6.12. The van der Waals surface area contributed by atoms with Crippen molar-refractivity contribution in [2.45, 2.75) is 64.3 Å². The first kappa shape index (κ1) is 13.9. The number of ether oxygens (including phenoxy) is 1. The summed E-state index contributed by atoms with van der Waals surface area (Å²) in [6, 6.07) is 0. The number of nitrogens with two attached hydrogens (primary N) is 1. The summed E-state index contributed by atoms with van der Waals surface area (Å²) in [4.78, 5) is 0. The van der Waals surface area contributed by atoms with Crippen LogP contribution in [0.1, 0.15) is 58.8 Å². The van der Waals surface area contributed by atoms with Crippen molar-refractivity contribution in [3.63, 3.8) is 0 Å². The van der Waals surface area contributed by atoms with Gasteiger partial charge in [-0.1, -0.05) is 46.0 Å². The van der Waals surface area contributed by atoms with Crippen molar-refractivity contribution < 1.29 is 4.74 Å². The lowest BCUT2D eigenvalue weighted by molar-refractivity contribution is 0.122. The molecule has 0 bridgehead atoms. The van der Waals surface area contributed by atoms with E-state index in [1.807, 2.05) is 0 Å². The van der Waals surface area contributed by atoms with Crippen LogP contribution in [0.25, 0.3) is 0 Å². The Kier molecular flexibility index (Phi) is 8.20. The summed E-state index contributed by atoms with van der Waals surface area (Å²) >= 11 is 0. The van der Waals surface area contributed by atoms with Gasteiger partial charge in [0.2, 0.25) is 0 Å². The van der Waals surface area contributed by atoms with Crippen LogP contribution >= 0.6 is 0 Å². The first-order valence-corrected chi connectivity index (χ1v) is 5.96. The van der Waals surface area contributed by atoms with Crippen LogP contribution in [0.4, 0.5) is 0 Å². The molecule has 0 aromatic heterocycles. The lowest BCUT2D eigenvalue weighted by Crippen LogP contribution is -2.43. The monoisotopic (exact) mass is 201 g/mol. The van der Waals surface area contributed by atoms with E-state index in [0.29, 0.717) is 6.61 Å². The molecule has 0 saturated carbocycles. The van der Waals surface area contributed by atoms with Crippen molar-refractivity contribution in [3.8, 4) is 0 Å².